The Morgan fingerprint density at radius 1 is 1.31 bits per heavy atom. The monoisotopic (exact) mass is 580 g/mol. The summed E-state index contributed by atoms with van der Waals surface area (Å²) >= 11 is 11.3. The van der Waals surface area contributed by atoms with Crippen LogP contribution in [0, 0.1) is 0 Å². The number of carbonyl (C=O) groups is 1. The number of halogens is 2. The van der Waals surface area contributed by atoms with Gasteiger partial charge in [0.15, 0.2) is 5.16 Å². The van der Waals surface area contributed by atoms with E-state index in [2.05, 4.69) is 25.9 Å². The van der Waals surface area contributed by atoms with E-state index in [-0.39, 0.29) is 12.1 Å². The molecule has 0 N–H and O–H groups in total. The number of morpholine rings is 1. The fraction of sp³-hybridized carbons (Fsp3) is 0.417. The molecular formula is C24H26BrClN4O4S. The van der Waals surface area contributed by atoms with Gasteiger partial charge in [0.05, 0.1) is 25.8 Å². The highest BCUT2D eigenvalue weighted by molar-refractivity contribution is 9.10. The number of rotatable bonds is 4. The van der Waals surface area contributed by atoms with Crippen LogP contribution in [0.15, 0.2) is 44.9 Å². The SMILES string of the molecule is CSc1ncc2cc(-c3ccc(Br)cc3Cl)c(=O)n(C[C@@H]3CN(C(=O)OC(C)(C)C)CCO3)c2n1. The van der Waals surface area contributed by atoms with Gasteiger partial charge in [-0.2, -0.15) is 0 Å². The molecule has 3 heterocycles. The van der Waals surface area contributed by atoms with E-state index in [0.29, 0.717) is 52.0 Å². The summed E-state index contributed by atoms with van der Waals surface area (Å²) in [5.41, 5.74) is 0.719. The van der Waals surface area contributed by atoms with Crippen molar-refractivity contribution >= 4 is 56.4 Å². The molecule has 1 atom stereocenters. The van der Waals surface area contributed by atoms with Crippen molar-refractivity contribution in [1.82, 2.24) is 19.4 Å². The first-order valence-corrected chi connectivity index (χ1v) is 13.4. The highest BCUT2D eigenvalue weighted by Crippen LogP contribution is 2.30. The minimum Gasteiger partial charge on any atom is -0.444 e. The van der Waals surface area contributed by atoms with Gasteiger partial charge >= 0.3 is 6.09 Å². The summed E-state index contributed by atoms with van der Waals surface area (Å²) in [6.45, 7) is 6.77. The molecule has 0 aliphatic carbocycles. The predicted molar refractivity (Wildman–Crippen MR) is 141 cm³/mol. The smallest absolute Gasteiger partial charge is 0.410 e. The number of carbonyl (C=O) groups excluding carboxylic acids is 1. The number of nitrogens with zero attached hydrogens (tertiary/aromatic N) is 4. The second-order valence-electron chi connectivity index (χ2n) is 9.15. The predicted octanol–water partition coefficient (Wildman–Crippen LogP) is 5.23. The highest BCUT2D eigenvalue weighted by Gasteiger charge is 2.29. The van der Waals surface area contributed by atoms with Crippen LogP contribution in [0.3, 0.4) is 0 Å². The Balaban J connectivity index is 1.74. The Labute approximate surface area is 221 Å². The van der Waals surface area contributed by atoms with Crippen LogP contribution in [0.5, 0.6) is 0 Å². The van der Waals surface area contributed by atoms with Crippen LogP contribution in [-0.2, 0) is 16.0 Å². The van der Waals surface area contributed by atoms with Crippen LogP contribution in [-0.4, -0.2) is 63.2 Å². The van der Waals surface area contributed by atoms with E-state index < -0.39 is 17.8 Å². The van der Waals surface area contributed by atoms with Crippen molar-refractivity contribution in [2.45, 2.75) is 44.2 Å². The number of aromatic nitrogens is 3. The Hall–Kier alpha value is -2.14. The van der Waals surface area contributed by atoms with Crippen LogP contribution in [0.4, 0.5) is 4.79 Å². The summed E-state index contributed by atoms with van der Waals surface area (Å²) in [5, 5.41) is 1.71. The van der Waals surface area contributed by atoms with E-state index in [1.54, 1.807) is 33.9 Å². The fourth-order valence-electron chi connectivity index (χ4n) is 3.84. The molecule has 11 heteroatoms. The maximum absolute atomic E-state index is 13.8. The Morgan fingerprint density at radius 3 is 2.77 bits per heavy atom. The number of fused-ring (bicyclic) bond motifs is 1. The van der Waals surface area contributed by atoms with Gasteiger partial charge in [0, 0.05) is 38.8 Å². The molecule has 35 heavy (non-hydrogen) atoms. The molecule has 186 valence electrons. The van der Waals surface area contributed by atoms with E-state index >= 15 is 0 Å². The van der Waals surface area contributed by atoms with Gasteiger partial charge in [0.1, 0.15) is 11.2 Å². The lowest BCUT2D eigenvalue weighted by Crippen LogP contribution is -2.49. The molecule has 1 fully saturated rings. The lowest BCUT2D eigenvalue weighted by molar-refractivity contribution is -0.0472. The summed E-state index contributed by atoms with van der Waals surface area (Å²) in [6, 6.07) is 7.16. The van der Waals surface area contributed by atoms with Crippen molar-refractivity contribution in [3.63, 3.8) is 0 Å². The largest absolute Gasteiger partial charge is 0.444 e. The van der Waals surface area contributed by atoms with Crippen molar-refractivity contribution in [3.8, 4) is 11.1 Å². The number of hydrogen-bond acceptors (Lipinski definition) is 7. The molecule has 1 amide bonds. The summed E-state index contributed by atoms with van der Waals surface area (Å²) < 4.78 is 13.9. The Kier molecular flexibility index (Phi) is 7.75. The average Bonchev–Trinajstić information content (AvgIpc) is 2.80. The normalized spacial score (nSPS) is 16.5. The first kappa shape index (κ1) is 25.9. The molecule has 1 aliphatic rings. The molecular weight excluding hydrogens is 556 g/mol. The van der Waals surface area contributed by atoms with Gasteiger partial charge < -0.3 is 14.4 Å². The van der Waals surface area contributed by atoms with Gasteiger partial charge in [-0.05, 0) is 45.2 Å². The van der Waals surface area contributed by atoms with E-state index in [1.165, 1.54) is 11.8 Å². The van der Waals surface area contributed by atoms with E-state index in [9.17, 15) is 9.59 Å². The first-order valence-electron chi connectivity index (χ1n) is 11.1. The van der Waals surface area contributed by atoms with Gasteiger partial charge in [-0.15, -0.1) is 0 Å². The molecule has 8 nitrogen and oxygen atoms in total. The molecule has 1 aromatic carbocycles. The van der Waals surface area contributed by atoms with Crippen molar-refractivity contribution in [2.75, 3.05) is 26.0 Å². The molecule has 0 unspecified atom stereocenters. The number of thioether (sulfide) groups is 1. The van der Waals surface area contributed by atoms with E-state index in [4.69, 9.17) is 21.1 Å². The highest BCUT2D eigenvalue weighted by atomic mass is 79.9. The standard InChI is InChI=1S/C24H26BrClN4O4S/c1-24(2,3)34-23(32)29-7-8-33-16(12-29)13-30-20-14(11-27-22(28-20)35-4)9-18(21(30)31)17-6-5-15(25)10-19(17)26/h5-6,9-11,16H,7-8,12-13H2,1-4H3/t16-/m0/s1. The second kappa shape index (κ2) is 10.5. The van der Waals surface area contributed by atoms with E-state index in [0.717, 1.165) is 4.47 Å². The first-order chi connectivity index (χ1) is 16.6. The summed E-state index contributed by atoms with van der Waals surface area (Å²) in [4.78, 5) is 37.0. The van der Waals surface area contributed by atoms with Crippen molar-refractivity contribution < 1.29 is 14.3 Å². The van der Waals surface area contributed by atoms with Crippen LogP contribution >= 0.6 is 39.3 Å². The summed E-state index contributed by atoms with van der Waals surface area (Å²) in [6.07, 6.45) is 2.77. The zero-order chi connectivity index (χ0) is 25.3. The van der Waals surface area contributed by atoms with E-state index in [1.807, 2.05) is 33.1 Å². The topological polar surface area (TPSA) is 86.6 Å². The minimum absolute atomic E-state index is 0.210. The van der Waals surface area contributed by atoms with Gasteiger partial charge in [-0.3, -0.25) is 9.36 Å². The molecule has 0 radical (unpaired) electrons. The quantitative estimate of drug-likeness (QED) is 0.308. The summed E-state index contributed by atoms with van der Waals surface area (Å²) in [5.74, 6) is 0. The molecule has 0 saturated carbocycles. The minimum atomic E-state index is -0.596. The molecule has 1 aliphatic heterocycles. The maximum atomic E-state index is 13.8. The lowest BCUT2D eigenvalue weighted by atomic mass is 10.1. The number of ether oxygens (including phenoxy) is 2. The van der Waals surface area contributed by atoms with Gasteiger partial charge in [-0.25, -0.2) is 14.8 Å². The number of pyridine rings is 1. The Morgan fingerprint density at radius 2 is 2.09 bits per heavy atom. The molecule has 0 spiro atoms. The fourth-order valence-corrected chi connectivity index (χ4v) is 4.95. The third-order valence-electron chi connectivity index (χ3n) is 5.39. The van der Waals surface area contributed by atoms with Crippen LogP contribution < -0.4 is 5.56 Å². The second-order valence-corrected chi connectivity index (χ2v) is 11.2. The molecule has 2 aromatic heterocycles. The lowest BCUT2D eigenvalue weighted by Gasteiger charge is -2.34. The summed E-state index contributed by atoms with van der Waals surface area (Å²) in [7, 11) is 0. The van der Waals surface area contributed by atoms with Crippen molar-refractivity contribution in [2.24, 2.45) is 0 Å². The van der Waals surface area contributed by atoms with Crippen LogP contribution in [0.25, 0.3) is 22.2 Å². The van der Waals surface area contributed by atoms with Crippen molar-refractivity contribution in [1.29, 1.82) is 0 Å². The molecule has 0 bridgehead atoms. The van der Waals surface area contributed by atoms with Crippen LogP contribution in [0.2, 0.25) is 5.02 Å². The zero-order valence-corrected chi connectivity index (χ0v) is 23.0. The average molecular weight is 582 g/mol. The molecule has 1 saturated heterocycles. The molecule has 4 rings (SSSR count). The number of amides is 1. The van der Waals surface area contributed by atoms with Gasteiger partial charge in [0.25, 0.3) is 5.56 Å². The number of benzene rings is 1. The van der Waals surface area contributed by atoms with Crippen LogP contribution in [0.1, 0.15) is 20.8 Å². The molecule has 3 aromatic rings. The van der Waals surface area contributed by atoms with Gasteiger partial charge in [0.2, 0.25) is 0 Å². The third-order valence-corrected chi connectivity index (χ3v) is 6.75. The van der Waals surface area contributed by atoms with Crippen molar-refractivity contribution in [3.05, 3.63) is 50.3 Å². The Bertz CT molecular complexity index is 1330. The van der Waals surface area contributed by atoms with Gasteiger partial charge in [-0.1, -0.05) is 45.4 Å². The third kappa shape index (κ3) is 5.99. The maximum Gasteiger partial charge on any atom is 0.410 e. The zero-order valence-electron chi connectivity index (χ0n) is 19.9. The number of hydrogen-bond donors (Lipinski definition) is 0.